The SMILES string of the molecule is COc1ccc(-c2nc3c(s2)CN(S(C)(=O)=O)CC3)cc1. The van der Waals surface area contributed by atoms with E-state index in [0.29, 0.717) is 19.5 Å². The monoisotopic (exact) mass is 324 g/mol. The molecule has 5 nitrogen and oxygen atoms in total. The molecule has 1 aliphatic heterocycles. The number of hydrogen-bond donors (Lipinski definition) is 0. The van der Waals surface area contributed by atoms with Crippen molar-refractivity contribution < 1.29 is 13.2 Å². The van der Waals surface area contributed by atoms with Gasteiger partial charge < -0.3 is 4.74 Å². The first-order chi connectivity index (χ1) is 9.97. The average molecular weight is 324 g/mol. The van der Waals surface area contributed by atoms with Crippen molar-refractivity contribution in [2.75, 3.05) is 19.9 Å². The number of thiazole rings is 1. The van der Waals surface area contributed by atoms with Crippen molar-refractivity contribution in [3.8, 4) is 16.3 Å². The van der Waals surface area contributed by atoms with E-state index in [4.69, 9.17) is 4.74 Å². The molecule has 0 N–H and O–H groups in total. The molecule has 0 amide bonds. The van der Waals surface area contributed by atoms with Crippen molar-refractivity contribution in [3.63, 3.8) is 0 Å². The van der Waals surface area contributed by atoms with Gasteiger partial charge in [0.1, 0.15) is 10.8 Å². The van der Waals surface area contributed by atoms with Crippen LogP contribution < -0.4 is 4.74 Å². The minimum Gasteiger partial charge on any atom is -0.497 e. The highest BCUT2D eigenvalue weighted by Gasteiger charge is 2.26. The number of sulfonamides is 1. The van der Waals surface area contributed by atoms with Gasteiger partial charge in [-0.05, 0) is 24.3 Å². The van der Waals surface area contributed by atoms with E-state index in [1.54, 1.807) is 18.4 Å². The summed E-state index contributed by atoms with van der Waals surface area (Å²) >= 11 is 1.56. The summed E-state index contributed by atoms with van der Waals surface area (Å²) in [7, 11) is -1.50. The minimum atomic E-state index is -3.14. The zero-order valence-corrected chi connectivity index (χ0v) is 13.5. The number of methoxy groups -OCH3 is 1. The number of fused-ring (bicyclic) bond motifs is 1. The van der Waals surface area contributed by atoms with Gasteiger partial charge in [-0.15, -0.1) is 11.3 Å². The van der Waals surface area contributed by atoms with Crippen LogP contribution in [0.25, 0.3) is 10.6 Å². The minimum absolute atomic E-state index is 0.433. The zero-order valence-electron chi connectivity index (χ0n) is 11.9. The van der Waals surface area contributed by atoms with Gasteiger partial charge in [0, 0.05) is 30.0 Å². The third-order valence-corrected chi connectivity index (χ3v) is 5.88. The van der Waals surface area contributed by atoms with E-state index in [1.807, 2.05) is 24.3 Å². The molecule has 0 saturated carbocycles. The molecule has 0 radical (unpaired) electrons. The molecule has 2 heterocycles. The predicted octanol–water partition coefficient (Wildman–Crippen LogP) is 2.14. The molecule has 21 heavy (non-hydrogen) atoms. The van der Waals surface area contributed by atoms with Gasteiger partial charge in [-0.25, -0.2) is 13.4 Å². The Morgan fingerprint density at radius 3 is 2.62 bits per heavy atom. The molecule has 0 atom stereocenters. The summed E-state index contributed by atoms with van der Waals surface area (Å²) in [5.74, 6) is 0.809. The summed E-state index contributed by atoms with van der Waals surface area (Å²) in [6.45, 7) is 0.944. The highest BCUT2D eigenvalue weighted by molar-refractivity contribution is 7.88. The van der Waals surface area contributed by atoms with Crippen molar-refractivity contribution in [2.24, 2.45) is 0 Å². The van der Waals surface area contributed by atoms with E-state index in [1.165, 1.54) is 10.6 Å². The van der Waals surface area contributed by atoms with Crippen LogP contribution in [0.15, 0.2) is 24.3 Å². The molecule has 1 aromatic carbocycles. The van der Waals surface area contributed by atoms with Crippen molar-refractivity contribution in [3.05, 3.63) is 34.8 Å². The van der Waals surface area contributed by atoms with Gasteiger partial charge in [0.15, 0.2) is 0 Å². The molecule has 0 spiro atoms. The maximum Gasteiger partial charge on any atom is 0.211 e. The fourth-order valence-electron chi connectivity index (χ4n) is 2.31. The van der Waals surface area contributed by atoms with Crippen LogP contribution in [-0.4, -0.2) is 37.6 Å². The molecule has 0 unspecified atom stereocenters. The van der Waals surface area contributed by atoms with Crippen molar-refractivity contribution in [1.82, 2.24) is 9.29 Å². The van der Waals surface area contributed by atoms with Gasteiger partial charge in [-0.3, -0.25) is 0 Å². The normalized spacial score (nSPS) is 15.7. The Bertz CT molecular complexity index is 751. The molecule has 1 aromatic heterocycles. The van der Waals surface area contributed by atoms with Crippen molar-refractivity contribution >= 4 is 21.4 Å². The molecule has 0 aliphatic carbocycles. The molecule has 0 bridgehead atoms. The number of nitrogens with zero attached hydrogens (tertiary/aromatic N) is 2. The summed E-state index contributed by atoms with van der Waals surface area (Å²) in [6.07, 6.45) is 1.93. The van der Waals surface area contributed by atoms with Crippen LogP contribution in [0, 0.1) is 0 Å². The van der Waals surface area contributed by atoms with Crippen LogP contribution >= 0.6 is 11.3 Å². The summed E-state index contributed by atoms with van der Waals surface area (Å²) in [5, 5.41) is 0.929. The van der Waals surface area contributed by atoms with E-state index < -0.39 is 10.0 Å². The molecule has 112 valence electrons. The number of benzene rings is 1. The molecule has 0 saturated heterocycles. The average Bonchev–Trinajstić information content (AvgIpc) is 2.89. The Morgan fingerprint density at radius 2 is 2.00 bits per heavy atom. The molecule has 7 heteroatoms. The third kappa shape index (κ3) is 2.95. The van der Waals surface area contributed by atoms with Gasteiger partial charge in [-0.1, -0.05) is 0 Å². The lowest BCUT2D eigenvalue weighted by Gasteiger charge is -2.23. The number of aromatic nitrogens is 1. The van der Waals surface area contributed by atoms with E-state index in [0.717, 1.165) is 26.9 Å². The first-order valence-electron chi connectivity index (χ1n) is 6.55. The van der Waals surface area contributed by atoms with Crippen LogP contribution in [-0.2, 0) is 23.0 Å². The molecule has 1 aliphatic rings. The number of hydrogen-bond acceptors (Lipinski definition) is 5. The van der Waals surface area contributed by atoms with E-state index >= 15 is 0 Å². The Labute approximate surface area is 128 Å². The van der Waals surface area contributed by atoms with Crippen LogP contribution in [0.1, 0.15) is 10.6 Å². The lowest BCUT2D eigenvalue weighted by atomic mass is 10.2. The maximum atomic E-state index is 11.6. The van der Waals surface area contributed by atoms with Crippen LogP contribution in [0.5, 0.6) is 5.75 Å². The van der Waals surface area contributed by atoms with Gasteiger partial charge in [0.25, 0.3) is 0 Å². The molecular weight excluding hydrogens is 308 g/mol. The van der Waals surface area contributed by atoms with Crippen molar-refractivity contribution in [2.45, 2.75) is 13.0 Å². The van der Waals surface area contributed by atoms with Crippen LogP contribution in [0.4, 0.5) is 0 Å². The Balaban J connectivity index is 1.89. The zero-order chi connectivity index (χ0) is 15.0. The predicted molar refractivity (Wildman–Crippen MR) is 83.1 cm³/mol. The second-order valence-electron chi connectivity index (χ2n) is 4.96. The largest absolute Gasteiger partial charge is 0.497 e. The lowest BCUT2D eigenvalue weighted by Crippen LogP contribution is -2.34. The van der Waals surface area contributed by atoms with Gasteiger partial charge in [0.05, 0.1) is 19.1 Å². The lowest BCUT2D eigenvalue weighted by molar-refractivity contribution is 0.396. The third-order valence-electron chi connectivity index (χ3n) is 3.50. The Hall–Kier alpha value is -1.44. The standard InChI is InChI=1S/C14H16N2O3S2/c1-19-11-5-3-10(4-6-11)14-15-12-7-8-16(21(2,17)18)9-13(12)20-14/h3-6H,7-9H2,1-2H3. The summed E-state index contributed by atoms with van der Waals surface area (Å²) < 4.78 is 29.9. The van der Waals surface area contributed by atoms with E-state index in [2.05, 4.69) is 4.98 Å². The summed E-state index contributed by atoms with van der Waals surface area (Å²) in [6, 6.07) is 7.74. The first-order valence-corrected chi connectivity index (χ1v) is 9.22. The Kier molecular flexibility index (Phi) is 3.73. The maximum absolute atomic E-state index is 11.6. The second kappa shape index (κ2) is 5.40. The molecular formula is C14H16N2O3S2. The van der Waals surface area contributed by atoms with Gasteiger partial charge in [-0.2, -0.15) is 4.31 Å². The smallest absolute Gasteiger partial charge is 0.211 e. The van der Waals surface area contributed by atoms with E-state index in [9.17, 15) is 8.42 Å². The first kappa shape index (κ1) is 14.5. The van der Waals surface area contributed by atoms with Crippen molar-refractivity contribution in [1.29, 1.82) is 0 Å². The van der Waals surface area contributed by atoms with Gasteiger partial charge in [0.2, 0.25) is 10.0 Å². The molecule has 0 fully saturated rings. The van der Waals surface area contributed by atoms with Crippen LogP contribution in [0.2, 0.25) is 0 Å². The molecule has 2 aromatic rings. The fourth-order valence-corrected chi connectivity index (χ4v) is 4.31. The van der Waals surface area contributed by atoms with Gasteiger partial charge >= 0.3 is 0 Å². The summed E-state index contributed by atoms with van der Waals surface area (Å²) in [4.78, 5) is 5.69. The highest BCUT2D eigenvalue weighted by atomic mass is 32.2. The van der Waals surface area contributed by atoms with Crippen LogP contribution in [0.3, 0.4) is 0 Å². The Morgan fingerprint density at radius 1 is 1.29 bits per heavy atom. The number of rotatable bonds is 3. The topological polar surface area (TPSA) is 59.5 Å². The number of ether oxygens (including phenoxy) is 1. The quantitative estimate of drug-likeness (QED) is 0.868. The summed E-state index contributed by atoms with van der Waals surface area (Å²) in [5.41, 5.74) is 2.05. The van der Waals surface area contributed by atoms with E-state index in [-0.39, 0.29) is 0 Å². The molecule has 3 rings (SSSR count). The highest BCUT2D eigenvalue weighted by Crippen LogP contribution is 2.32. The fraction of sp³-hybridized carbons (Fsp3) is 0.357. The second-order valence-corrected chi connectivity index (χ2v) is 8.03.